The average Bonchev–Trinajstić information content (AvgIpc) is 2.73. The van der Waals surface area contributed by atoms with Gasteiger partial charge < -0.3 is 15.0 Å². The summed E-state index contributed by atoms with van der Waals surface area (Å²) in [6, 6.07) is 3.79. The monoisotopic (exact) mass is 234 g/mol. The van der Waals surface area contributed by atoms with Crippen LogP contribution in [-0.2, 0) is 5.54 Å². The van der Waals surface area contributed by atoms with Gasteiger partial charge in [0.1, 0.15) is 5.82 Å². The fourth-order valence-corrected chi connectivity index (χ4v) is 1.52. The molecule has 0 spiro atoms. The van der Waals surface area contributed by atoms with Crippen molar-refractivity contribution in [3.05, 3.63) is 18.0 Å². The third-order valence-electron chi connectivity index (χ3n) is 2.83. The minimum Gasteiger partial charge on any atom is -0.478 e. The lowest BCUT2D eigenvalue weighted by Gasteiger charge is -2.20. The molecule has 2 aromatic heterocycles. The number of aromatic nitrogens is 3. The predicted octanol–water partition coefficient (Wildman–Crippen LogP) is 1.81. The van der Waals surface area contributed by atoms with Gasteiger partial charge in [0.15, 0.2) is 5.65 Å². The van der Waals surface area contributed by atoms with Gasteiger partial charge in [-0.3, -0.25) is 0 Å². The van der Waals surface area contributed by atoms with E-state index in [1.54, 1.807) is 0 Å². The molecule has 2 rings (SSSR count). The van der Waals surface area contributed by atoms with E-state index < -0.39 is 0 Å². The van der Waals surface area contributed by atoms with Crippen LogP contribution in [0.3, 0.4) is 0 Å². The van der Waals surface area contributed by atoms with E-state index in [0.717, 1.165) is 11.3 Å². The molecule has 0 radical (unpaired) electrons. The second kappa shape index (κ2) is 4.33. The van der Waals surface area contributed by atoms with Crippen LogP contribution >= 0.6 is 0 Å². The van der Waals surface area contributed by atoms with Crippen molar-refractivity contribution < 1.29 is 4.74 Å². The molecule has 0 aliphatic heterocycles. The second-order valence-corrected chi connectivity index (χ2v) is 4.41. The Balaban J connectivity index is 2.43. The molecule has 5 nitrogen and oxygen atoms in total. The molecule has 0 saturated heterocycles. The van der Waals surface area contributed by atoms with Crippen molar-refractivity contribution in [1.82, 2.24) is 20.3 Å². The number of fused-ring (bicyclic) bond motifs is 1. The Morgan fingerprint density at radius 2 is 2.12 bits per heavy atom. The zero-order chi connectivity index (χ0) is 12.5. The summed E-state index contributed by atoms with van der Waals surface area (Å²) in [5.74, 6) is 1.48. The van der Waals surface area contributed by atoms with Crippen LogP contribution in [0.2, 0.25) is 0 Å². The molecular weight excluding hydrogens is 216 g/mol. The van der Waals surface area contributed by atoms with Gasteiger partial charge in [-0.15, -0.1) is 0 Å². The summed E-state index contributed by atoms with van der Waals surface area (Å²) in [4.78, 5) is 12.1. The molecule has 0 bridgehead atoms. The molecule has 0 aliphatic rings. The molecule has 0 atom stereocenters. The van der Waals surface area contributed by atoms with Crippen LogP contribution in [0.4, 0.5) is 0 Å². The topological polar surface area (TPSA) is 62.8 Å². The number of aromatic amines is 1. The van der Waals surface area contributed by atoms with Gasteiger partial charge in [-0.25, -0.2) is 4.98 Å². The normalized spacial score (nSPS) is 12.0. The number of H-pyrrole nitrogens is 1. The Kier molecular flexibility index (Phi) is 3.02. The van der Waals surface area contributed by atoms with Crippen molar-refractivity contribution in [1.29, 1.82) is 0 Å². The highest BCUT2D eigenvalue weighted by Crippen LogP contribution is 2.21. The Labute approximate surface area is 101 Å². The molecule has 92 valence electrons. The molecule has 0 unspecified atom stereocenters. The maximum atomic E-state index is 5.35. The van der Waals surface area contributed by atoms with Gasteiger partial charge in [0.2, 0.25) is 5.88 Å². The molecule has 17 heavy (non-hydrogen) atoms. The van der Waals surface area contributed by atoms with Crippen LogP contribution in [0.1, 0.15) is 26.6 Å². The molecule has 2 aromatic rings. The maximum absolute atomic E-state index is 5.35. The smallest absolute Gasteiger partial charge is 0.215 e. The molecule has 0 amide bonds. The number of imidazole rings is 1. The van der Waals surface area contributed by atoms with Crippen molar-refractivity contribution in [3.8, 4) is 5.88 Å². The largest absolute Gasteiger partial charge is 0.478 e. The maximum Gasteiger partial charge on any atom is 0.215 e. The van der Waals surface area contributed by atoms with E-state index in [4.69, 9.17) is 4.74 Å². The summed E-state index contributed by atoms with van der Waals surface area (Å²) in [5, 5.41) is 3.21. The third-order valence-corrected chi connectivity index (χ3v) is 2.83. The highest BCUT2D eigenvalue weighted by molar-refractivity contribution is 5.71. The van der Waals surface area contributed by atoms with Crippen LogP contribution in [0, 0.1) is 0 Å². The fraction of sp³-hybridized carbons (Fsp3) is 0.500. The second-order valence-electron chi connectivity index (χ2n) is 4.41. The Morgan fingerprint density at radius 3 is 2.76 bits per heavy atom. The van der Waals surface area contributed by atoms with Gasteiger partial charge in [0, 0.05) is 6.07 Å². The van der Waals surface area contributed by atoms with Crippen LogP contribution in [0.5, 0.6) is 5.88 Å². The molecule has 2 N–H and O–H groups in total. The van der Waals surface area contributed by atoms with E-state index in [1.807, 2.05) is 26.1 Å². The van der Waals surface area contributed by atoms with Gasteiger partial charge in [-0.2, -0.15) is 4.98 Å². The van der Waals surface area contributed by atoms with Crippen LogP contribution < -0.4 is 10.1 Å². The highest BCUT2D eigenvalue weighted by Gasteiger charge is 2.22. The molecule has 0 fully saturated rings. The first kappa shape index (κ1) is 11.9. The van der Waals surface area contributed by atoms with Gasteiger partial charge in [-0.1, -0.05) is 0 Å². The molecule has 2 heterocycles. The number of nitrogens with zero attached hydrogens (tertiary/aromatic N) is 2. The summed E-state index contributed by atoms with van der Waals surface area (Å²) in [6.07, 6.45) is 0. The van der Waals surface area contributed by atoms with Crippen molar-refractivity contribution in [2.45, 2.75) is 26.3 Å². The van der Waals surface area contributed by atoms with Gasteiger partial charge in [-0.05, 0) is 33.9 Å². The first-order valence-electron chi connectivity index (χ1n) is 5.76. The Bertz CT molecular complexity index is 518. The zero-order valence-electron chi connectivity index (χ0n) is 10.7. The van der Waals surface area contributed by atoms with E-state index in [2.05, 4.69) is 34.1 Å². The lowest BCUT2D eigenvalue weighted by molar-refractivity contribution is 0.328. The van der Waals surface area contributed by atoms with Crippen molar-refractivity contribution in [2.24, 2.45) is 0 Å². The minimum absolute atomic E-state index is 0.202. The van der Waals surface area contributed by atoms with Gasteiger partial charge >= 0.3 is 0 Å². The molecular formula is C12H18N4O. The summed E-state index contributed by atoms with van der Waals surface area (Å²) in [6.45, 7) is 6.67. The summed E-state index contributed by atoms with van der Waals surface area (Å²) in [7, 11) is 1.91. The number of ether oxygens (including phenoxy) is 1. The summed E-state index contributed by atoms with van der Waals surface area (Å²) in [5.41, 5.74) is 1.41. The third kappa shape index (κ3) is 2.24. The fourth-order valence-electron chi connectivity index (χ4n) is 1.52. The number of pyridine rings is 1. The molecule has 5 heteroatoms. The predicted molar refractivity (Wildman–Crippen MR) is 67.1 cm³/mol. The van der Waals surface area contributed by atoms with Crippen LogP contribution in [0.25, 0.3) is 11.2 Å². The molecule has 0 aliphatic carbocycles. The van der Waals surface area contributed by atoms with Crippen molar-refractivity contribution >= 4 is 11.2 Å². The van der Waals surface area contributed by atoms with Crippen LogP contribution in [-0.4, -0.2) is 28.6 Å². The first-order chi connectivity index (χ1) is 8.06. The van der Waals surface area contributed by atoms with Gasteiger partial charge in [0.05, 0.1) is 17.7 Å². The quantitative estimate of drug-likeness (QED) is 0.847. The summed E-state index contributed by atoms with van der Waals surface area (Å²) < 4.78 is 5.35. The lowest BCUT2D eigenvalue weighted by Crippen LogP contribution is -2.34. The molecule has 0 aromatic carbocycles. The molecule has 0 saturated carbocycles. The van der Waals surface area contributed by atoms with E-state index >= 15 is 0 Å². The van der Waals surface area contributed by atoms with Crippen molar-refractivity contribution in [3.63, 3.8) is 0 Å². The number of hydrogen-bond acceptors (Lipinski definition) is 4. The lowest BCUT2D eigenvalue weighted by atomic mass is 10.1. The number of hydrogen-bond donors (Lipinski definition) is 2. The van der Waals surface area contributed by atoms with E-state index in [0.29, 0.717) is 18.1 Å². The van der Waals surface area contributed by atoms with E-state index in [1.165, 1.54) is 0 Å². The zero-order valence-corrected chi connectivity index (χ0v) is 10.7. The SMILES string of the molecule is CCOc1ccc2[nH]c(C(C)(C)NC)nc2n1. The van der Waals surface area contributed by atoms with Gasteiger partial charge in [0.25, 0.3) is 0 Å². The van der Waals surface area contributed by atoms with Crippen LogP contribution in [0.15, 0.2) is 12.1 Å². The number of nitrogens with one attached hydrogen (secondary N) is 2. The average molecular weight is 234 g/mol. The van der Waals surface area contributed by atoms with Crippen molar-refractivity contribution in [2.75, 3.05) is 13.7 Å². The van der Waals surface area contributed by atoms with E-state index in [-0.39, 0.29) is 5.54 Å². The Morgan fingerprint density at radius 1 is 1.35 bits per heavy atom. The summed E-state index contributed by atoms with van der Waals surface area (Å²) >= 11 is 0. The first-order valence-corrected chi connectivity index (χ1v) is 5.76. The highest BCUT2D eigenvalue weighted by atomic mass is 16.5. The minimum atomic E-state index is -0.202. The Hall–Kier alpha value is -1.62. The number of rotatable bonds is 4. The standard InChI is InChI=1S/C12H18N4O/c1-5-17-9-7-6-8-10(15-9)16-11(14-8)12(2,3)13-4/h6-7,13H,5H2,1-4H3,(H,14,15,16). The van der Waals surface area contributed by atoms with E-state index in [9.17, 15) is 0 Å².